The molecule has 0 N–H and O–H groups in total. The molecule has 0 aromatic rings. The summed E-state index contributed by atoms with van der Waals surface area (Å²) in [6.45, 7) is 6.65. The standard InChI is InChI=1S/C8H17.BrH.Mg/c1-4-5-6-7-8(2)3;;/h4-7H2,1-3H3;1H;/q-1;;+2/p-1. The van der Waals surface area contributed by atoms with Crippen molar-refractivity contribution in [3.05, 3.63) is 5.92 Å². The fraction of sp³-hybridized carbons (Fsp3) is 0.875. The summed E-state index contributed by atoms with van der Waals surface area (Å²) in [6.07, 6.45) is 5.45. The van der Waals surface area contributed by atoms with E-state index in [2.05, 4.69) is 20.8 Å². The molecule has 0 unspecified atom stereocenters. The van der Waals surface area contributed by atoms with Gasteiger partial charge in [0, 0.05) is 0 Å². The van der Waals surface area contributed by atoms with E-state index in [0.29, 0.717) is 0 Å². The van der Waals surface area contributed by atoms with Gasteiger partial charge in [-0.3, -0.25) is 0 Å². The first kappa shape index (κ1) is 17.4. The number of hydrogen-bond donors (Lipinski definition) is 0. The van der Waals surface area contributed by atoms with Gasteiger partial charge >= 0.3 is 23.1 Å². The second-order valence-electron chi connectivity index (χ2n) is 2.66. The third-order valence-electron chi connectivity index (χ3n) is 1.28. The van der Waals surface area contributed by atoms with Crippen molar-refractivity contribution in [1.29, 1.82) is 0 Å². The largest absolute Gasteiger partial charge is 2.00 e. The molecule has 0 nitrogen and oxygen atoms in total. The van der Waals surface area contributed by atoms with Crippen molar-refractivity contribution >= 4 is 23.1 Å². The van der Waals surface area contributed by atoms with Crippen LogP contribution < -0.4 is 17.0 Å². The average Bonchev–Trinajstić information content (AvgIpc) is 1.66. The van der Waals surface area contributed by atoms with Crippen LogP contribution in [0.25, 0.3) is 0 Å². The number of rotatable bonds is 4. The molecule has 0 aliphatic heterocycles. The van der Waals surface area contributed by atoms with E-state index in [9.17, 15) is 0 Å². The molecule has 0 bridgehead atoms. The SMILES string of the molecule is CCCCC[C-](C)C.[Br-].[Mg+2]. The van der Waals surface area contributed by atoms with Gasteiger partial charge in [0.1, 0.15) is 0 Å². The molecule has 0 aromatic heterocycles. The maximum absolute atomic E-state index is 2.24. The molecule has 0 atom stereocenters. The van der Waals surface area contributed by atoms with Crippen LogP contribution in [0.15, 0.2) is 0 Å². The maximum Gasteiger partial charge on any atom is 2.00 e. The molecule has 0 amide bonds. The summed E-state index contributed by atoms with van der Waals surface area (Å²) in [5.74, 6) is 1.57. The molecule has 0 fully saturated rings. The van der Waals surface area contributed by atoms with Crippen molar-refractivity contribution in [2.45, 2.75) is 46.5 Å². The molecular formula is C8H17BrMg. The predicted octanol–water partition coefficient (Wildman–Crippen LogP) is -0.196. The van der Waals surface area contributed by atoms with Crippen LogP contribution in [0.2, 0.25) is 0 Å². The maximum atomic E-state index is 2.24. The summed E-state index contributed by atoms with van der Waals surface area (Å²) in [7, 11) is 0. The van der Waals surface area contributed by atoms with Gasteiger partial charge < -0.3 is 22.9 Å². The van der Waals surface area contributed by atoms with Gasteiger partial charge in [-0.25, -0.2) is 0 Å². The van der Waals surface area contributed by atoms with Crippen LogP contribution in [0.5, 0.6) is 0 Å². The first-order valence-electron chi connectivity index (χ1n) is 3.56. The van der Waals surface area contributed by atoms with Gasteiger partial charge in [0.25, 0.3) is 0 Å². The van der Waals surface area contributed by atoms with Gasteiger partial charge in [-0.15, -0.1) is 0 Å². The smallest absolute Gasteiger partial charge is 1.00 e. The van der Waals surface area contributed by atoms with Crippen LogP contribution >= 0.6 is 0 Å². The van der Waals surface area contributed by atoms with Crippen molar-refractivity contribution in [2.24, 2.45) is 0 Å². The fourth-order valence-corrected chi connectivity index (χ4v) is 0.729. The Kier molecular flexibility index (Phi) is 22.4. The third kappa shape index (κ3) is 16.1. The number of hydrogen-bond acceptors (Lipinski definition) is 0. The molecule has 0 rings (SSSR count). The Balaban J connectivity index is -0.000000245. The minimum atomic E-state index is 0. The monoisotopic (exact) mass is 216 g/mol. The zero-order valence-corrected chi connectivity index (χ0v) is 10.4. The molecule has 10 heavy (non-hydrogen) atoms. The Hall–Kier alpha value is 1.25. The molecule has 0 saturated carbocycles. The van der Waals surface area contributed by atoms with Crippen LogP contribution in [0, 0.1) is 5.92 Å². The Bertz CT molecular complexity index is 46.5. The summed E-state index contributed by atoms with van der Waals surface area (Å²) in [5.41, 5.74) is 0. The molecule has 0 aliphatic carbocycles. The summed E-state index contributed by atoms with van der Waals surface area (Å²) in [4.78, 5) is 0. The molecule has 0 radical (unpaired) electrons. The molecule has 0 aromatic carbocycles. The number of halogens is 1. The topological polar surface area (TPSA) is 0 Å². The van der Waals surface area contributed by atoms with Crippen LogP contribution in [0.1, 0.15) is 46.5 Å². The van der Waals surface area contributed by atoms with Crippen molar-refractivity contribution in [1.82, 2.24) is 0 Å². The van der Waals surface area contributed by atoms with E-state index >= 15 is 0 Å². The Morgan fingerprint density at radius 2 is 1.60 bits per heavy atom. The van der Waals surface area contributed by atoms with E-state index in [1.807, 2.05) is 0 Å². The predicted molar refractivity (Wildman–Crippen MR) is 44.5 cm³/mol. The average molecular weight is 217 g/mol. The van der Waals surface area contributed by atoms with Gasteiger partial charge in [-0.05, 0) is 0 Å². The second-order valence-corrected chi connectivity index (χ2v) is 2.66. The van der Waals surface area contributed by atoms with E-state index in [0.717, 1.165) is 0 Å². The van der Waals surface area contributed by atoms with E-state index in [1.54, 1.807) is 5.92 Å². The van der Waals surface area contributed by atoms with Gasteiger partial charge in [0.05, 0.1) is 0 Å². The minimum Gasteiger partial charge on any atom is -1.00 e. The van der Waals surface area contributed by atoms with E-state index in [4.69, 9.17) is 0 Å². The van der Waals surface area contributed by atoms with Crippen LogP contribution in [-0.4, -0.2) is 23.1 Å². The van der Waals surface area contributed by atoms with Gasteiger partial charge in [0.2, 0.25) is 0 Å². The Morgan fingerprint density at radius 3 is 1.90 bits per heavy atom. The molecule has 0 spiro atoms. The van der Waals surface area contributed by atoms with Crippen LogP contribution in [0.4, 0.5) is 0 Å². The quantitative estimate of drug-likeness (QED) is 0.348. The zero-order valence-electron chi connectivity index (χ0n) is 7.41. The zero-order chi connectivity index (χ0) is 6.41. The Morgan fingerprint density at radius 1 is 1.10 bits per heavy atom. The van der Waals surface area contributed by atoms with Crippen molar-refractivity contribution in [3.8, 4) is 0 Å². The molecular weight excluding hydrogens is 200 g/mol. The molecule has 58 valence electrons. The second kappa shape index (κ2) is 12.9. The summed E-state index contributed by atoms with van der Waals surface area (Å²) < 4.78 is 0. The number of unbranched alkanes of at least 4 members (excludes halogenated alkanes) is 2. The molecule has 0 aliphatic rings. The van der Waals surface area contributed by atoms with Crippen molar-refractivity contribution in [2.75, 3.05) is 0 Å². The third-order valence-corrected chi connectivity index (χ3v) is 1.28. The summed E-state index contributed by atoms with van der Waals surface area (Å²) in [6, 6.07) is 0. The first-order chi connectivity index (χ1) is 3.77. The van der Waals surface area contributed by atoms with Crippen LogP contribution in [0.3, 0.4) is 0 Å². The van der Waals surface area contributed by atoms with Crippen LogP contribution in [-0.2, 0) is 0 Å². The van der Waals surface area contributed by atoms with E-state index in [-0.39, 0.29) is 40.0 Å². The first-order valence-corrected chi connectivity index (χ1v) is 3.56. The van der Waals surface area contributed by atoms with Crippen molar-refractivity contribution in [3.63, 3.8) is 0 Å². The summed E-state index contributed by atoms with van der Waals surface area (Å²) in [5, 5.41) is 0. The normalized spacial score (nSPS) is 8.40. The Labute approximate surface area is 92.1 Å². The summed E-state index contributed by atoms with van der Waals surface area (Å²) >= 11 is 0. The van der Waals surface area contributed by atoms with Gasteiger partial charge in [-0.1, -0.05) is 26.2 Å². The van der Waals surface area contributed by atoms with Gasteiger partial charge in [-0.2, -0.15) is 20.3 Å². The minimum absolute atomic E-state index is 0. The van der Waals surface area contributed by atoms with E-state index in [1.165, 1.54) is 25.7 Å². The van der Waals surface area contributed by atoms with E-state index < -0.39 is 0 Å². The molecule has 2 heteroatoms. The molecule has 0 heterocycles. The van der Waals surface area contributed by atoms with Gasteiger partial charge in [0.15, 0.2) is 0 Å². The fourth-order valence-electron chi connectivity index (χ4n) is 0.729. The molecule has 0 saturated heterocycles. The van der Waals surface area contributed by atoms with Crippen molar-refractivity contribution < 1.29 is 17.0 Å².